The molecule has 7 heteroatoms. The van der Waals surface area contributed by atoms with Gasteiger partial charge >= 0.3 is 0 Å². The summed E-state index contributed by atoms with van der Waals surface area (Å²) >= 11 is 0. The lowest BCUT2D eigenvalue weighted by Crippen LogP contribution is -2.19. The number of oxazole rings is 1. The van der Waals surface area contributed by atoms with Gasteiger partial charge in [0.15, 0.2) is 17.2 Å². The quantitative estimate of drug-likeness (QED) is 0.731. The lowest BCUT2D eigenvalue weighted by molar-refractivity contribution is 0.413. The summed E-state index contributed by atoms with van der Waals surface area (Å²) < 4.78 is 10.7. The maximum absolute atomic E-state index is 5.50. The van der Waals surface area contributed by atoms with Crippen molar-refractivity contribution in [2.45, 2.75) is 20.4 Å². The number of rotatable bonds is 4. The second-order valence-corrected chi connectivity index (χ2v) is 5.02. The molecule has 22 heavy (non-hydrogen) atoms. The van der Waals surface area contributed by atoms with E-state index in [2.05, 4.69) is 19.9 Å². The van der Waals surface area contributed by atoms with E-state index in [0.29, 0.717) is 29.5 Å². The van der Waals surface area contributed by atoms with Crippen molar-refractivity contribution in [1.82, 2.24) is 19.9 Å². The molecule has 0 bridgehead atoms. The molecule has 0 aromatic carbocycles. The van der Waals surface area contributed by atoms with Crippen LogP contribution >= 0.6 is 0 Å². The molecular formula is C15H17N5O2. The van der Waals surface area contributed by atoms with E-state index in [1.807, 2.05) is 31.0 Å². The fourth-order valence-corrected chi connectivity index (χ4v) is 2.27. The Kier molecular flexibility index (Phi) is 3.62. The maximum Gasteiger partial charge on any atom is 0.252 e. The number of ether oxygens (including phenoxy) is 1. The Bertz CT molecular complexity index is 815. The maximum atomic E-state index is 5.50. The summed E-state index contributed by atoms with van der Waals surface area (Å²) in [6, 6.07) is 3.72. The molecule has 0 saturated carbocycles. The van der Waals surface area contributed by atoms with Gasteiger partial charge in [-0.25, -0.2) is 9.97 Å². The summed E-state index contributed by atoms with van der Waals surface area (Å²) in [4.78, 5) is 19.5. The molecule has 0 aliphatic carbocycles. The number of hydrogen-bond donors (Lipinski definition) is 0. The number of anilines is 1. The molecule has 0 unspecified atom stereocenters. The van der Waals surface area contributed by atoms with Gasteiger partial charge in [-0.05, 0) is 13.0 Å². The van der Waals surface area contributed by atoms with Crippen molar-refractivity contribution >= 4 is 17.0 Å². The predicted octanol–water partition coefficient (Wildman–Crippen LogP) is 2.27. The van der Waals surface area contributed by atoms with E-state index in [-0.39, 0.29) is 0 Å². The van der Waals surface area contributed by atoms with Gasteiger partial charge in [0.25, 0.3) is 5.71 Å². The van der Waals surface area contributed by atoms with E-state index in [0.717, 1.165) is 17.3 Å². The number of aromatic nitrogens is 4. The summed E-state index contributed by atoms with van der Waals surface area (Å²) in [7, 11) is 3.57. The van der Waals surface area contributed by atoms with E-state index >= 15 is 0 Å². The largest absolute Gasteiger partial charge is 0.497 e. The fourth-order valence-electron chi connectivity index (χ4n) is 2.27. The molecule has 7 nitrogen and oxygen atoms in total. The van der Waals surface area contributed by atoms with Gasteiger partial charge in [-0.2, -0.15) is 4.98 Å². The Morgan fingerprint density at radius 2 is 2.05 bits per heavy atom. The van der Waals surface area contributed by atoms with Crippen LogP contribution in [0.3, 0.4) is 0 Å². The third-order valence-corrected chi connectivity index (χ3v) is 3.24. The molecule has 0 aliphatic heterocycles. The van der Waals surface area contributed by atoms with Gasteiger partial charge in [0, 0.05) is 26.2 Å². The normalized spacial score (nSPS) is 10.9. The first-order valence-corrected chi connectivity index (χ1v) is 6.88. The first kappa shape index (κ1) is 14.2. The van der Waals surface area contributed by atoms with Crippen molar-refractivity contribution in [3.8, 4) is 5.75 Å². The van der Waals surface area contributed by atoms with Crippen LogP contribution in [0.25, 0.3) is 11.2 Å². The molecular weight excluding hydrogens is 282 g/mol. The summed E-state index contributed by atoms with van der Waals surface area (Å²) in [5.41, 5.74) is 2.05. The monoisotopic (exact) mass is 299 g/mol. The second-order valence-electron chi connectivity index (χ2n) is 5.02. The minimum Gasteiger partial charge on any atom is -0.497 e. The van der Waals surface area contributed by atoms with Crippen molar-refractivity contribution in [1.29, 1.82) is 0 Å². The average molecular weight is 299 g/mol. The molecule has 3 aromatic heterocycles. The highest BCUT2D eigenvalue weighted by atomic mass is 16.5. The van der Waals surface area contributed by atoms with Crippen molar-refractivity contribution in [2.75, 3.05) is 19.1 Å². The number of methoxy groups -OCH3 is 1. The molecule has 0 atom stereocenters. The molecule has 3 heterocycles. The van der Waals surface area contributed by atoms with Gasteiger partial charge in [0.1, 0.15) is 11.6 Å². The summed E-state index contributed by atoms with van der Waals surface area (Å²) in [5.74, 6) is 2.72. The molecule has 0 saturated heterocycles. The minimum atomic E-state index is 0.505. The Labute approximate surface area is 128 Å². The Morgan fingerprint density at radius 3 is 2.82 bits per heavy atom. The molecule has 0 amide bonds. The highest BCUT2D eigenvalue weighted by molar-refractivity contribution is 5.81. The number of fused-ring (bicyclic) bond motifs is 1. The lowest BCUT2D eigenvalue weighted by atomic mass is 10.3. The van der Waals surface area contributed by atoms with Gasteiger partial charge < -0.3 is 14.1 Å². The standard InChI is InChI=1S/C15H17N5O2/c1-9-17-14(13-15(18-9)22-10(2)19-13)20(3)8-11-7-12(21-4)5-6-16-11/h5-7H,8H2,1-4H3. The van der Waals surface area contributed by atoms with Crippen LogP contribution in [0.2, 0.25) is 0 Å². The van der Waals surface area contributed by atoms with Gasteiger partial charge in [0.2, 0.25) is 0 Å². The van der Waals surface area contributed by atoms with Gasteiger partial charge in [-0.15, -0.1) is 0 Å². The van der Waals surface area contributed by atoms with Crippen LogP contribution in [0.5, 0.6) is 5.75 Å². The third kappa shape index (κ3) is 2.69. The molecule has 0 fully saturated rings. The zero-order valence-corrected chi connectivity index (χ0v) is 13.0. The zero-order valence-electron chi connectivity index (χ0n) is 13.0. The van der Waals surface area contributed by atoms with Crippen molar-refractivity contribution in [3.63, 3.8) is 0 Å². The van der Waals surface area contributed by atoms with Crippen LogP contribution in [-0.4, -0.2) is 34.1 Å². The van der Waals surface area contributed by atoms with Crippen LogP contribution in [0.4, 0.5) is 5.82 Å². The molecule has 0 aliphatic rings. The predicted molar refractivity (Wildman–Crippen MR) is 82.0 cm³/mol. The van der Waals surface area contributed by atoms with Crippen molar-refractivity contribution < 1.29 is 9.15 Å². The number of aryl methyl sites for hydroxylation is 2. The van der Waals surface area contributed by atoms with E-state index in [1.165, 1.54) is 0 Å². The zero-order chi connectivity index (χ0) is 15.7. The second kappa shape index (κ2) is 5.59. The van der Waals surface area contributed by atoms with Crippen LogP contribution in [0.1, 0.15) is 17.4 Å². The van der Waals surface area contributed by atoms with Crippen molar-refractivity contribution in [2.24, 2.45) is 0 Å². The van der Waals surface area contributed by atoms with Gasteiger partial charge in [0.05, 0.1) is 19.3 Å². The first-order chi connectivity index (χ1) is 10.6. The topological polar surface area (TPSA) is 77.2 Å². The first-order valence-electron chi connectivity index (χ1n) is 6.88. The highest BCUT2D eigenvalue weighted by Gasteiger charge is 2.16. The molecule has 114 valence electrons. The Hall–Kier alpha value is -2.70. The molecule has 0 radical (unpaired) electrons. The van der Waals surface area contributed by atoms with Gasteiger partial charge in [-0.3, -0.25) is 4.98 Å². The Morgan fingerprint density at radius 1 is 1.23 bits per heavy atom. The van der Waals surface area contributed by atoms with Crippen LogP contribution in [-0.2, 0) is 6.54 Å². The molecule has 3 rings (SSSR count). The third-order valence-electron chi connectivity index (χ3n) is 3.24. The average Bonchev–Trinajstić information content (AvgIpc) is 2.86. The fraction of sp³-hybridized carbons (Fsp3) is 0.333. The Balaban J connectivity index is 1.96. The number of nitrogens with zero attached hydrogens (tertiary/aromatic N) is 5. The smallest absolute Gasteiger partial charge is 0.252 e. The van der Waals surface area contributed by atoms with E-state index in [9.17, 15) is 0 Å². The SMILES string of the molecule is COc1ccnc(CN(C)c2nc(C)nc3oc(C)nc23)c1. The van der Waals surface area contributed by atoms with E-state index < -0.39 is 0 Å². The van der Waals surface area contributed by atoms with Crippen molar-refractivity contribution in [3.05, 3.63) is 35.7 Å². The lowest BCUT2D eigenvalue weighted by Gasteiger charge is -2.18. The minimum absolute atomic E-state index is 0.505. The molecule has 0 N–H and O–H groups in total. The van der Waals surface area contributed by atoms with Crippen LogP contribution in [0, 0.1) is 13.8 Å². The summed E-state index contributed by atoms with van der Waals surface area (Å²) in [6.07, 6.45) is 1.73. The van der Waals surface area contributed by atoms with E-state index in [1.54, 1.807) is 20.2 Å². The molecule has 0 spiro atoms. The summed E-state index contributed by atoms with van der Waals surface area (Å²) in [5, 5.41) is 0. The van der Waals surface area contributed by atoms with Gasteiger partial charge in [-0.1, -0.05) is 0 Å². The van der Waals surface area contributed by atoms with E-state index in [4.69, 9.17) is 9.15 Å². The van der Waals surface area contributed by atoms with Crippen LogP contribution in [0.15, 0.2) is 22.7 Å². The number of pyridine rings is 1. The molecule has 3 aromatic rings. The van der Waals surface area contributed by atoms with Crippen LogP contribution < -0.4 is 9.64 Å². The number of hydrogen-bond acceptors (Lipinski definition) is 7. The summed E-state index contributed by atoms with van der Waals surface area (Å²) in [6.45, 7) is 4.21. The highest BCUT2D eigenvalue weighted by Crippen LogP contribution is 2.24.